The predicted octanol–water partition coefficient (Wildman–Crippen LogP) is 1.32. The van der Waals surface area contributed by atoms with Crippen LogP contribution in [0.2, 0.25) is 0 Å². The fraction of sp³-hybridized carbons (Fsp3) is 0.786. The van der Waals surface area contributed by atoms with Gasteiger partial charge in [-0.1, -0.05) is 0 Å². The van der Waals surface area contributed by atoms with Crippen molar-refractivity contribution in [2.75, 3.05) is 19.8 Å². The number of hydrogen-bond donors (Lipinski definition) is 0. The lowest BCUT2D eigenvalue weighted by atomic mass is 9.96. The highest BCUT2D eigenvalue weighted by molar-refractivity contribution is 5.85. The predicted molar refractivity (Wildman–Crippen MR) is 69.6 cm³/mol. The Hall–Kier alpha value is -1.59. The lowest BCUT2D eigenvalue weighted by Gasteiger charge is -2.16. The molecule has 0 saturated heterocycles. The van der Waals surface area contributed by atoms with Crippen LogP contribution in [0, 0.1) is 17.8 Å². The molecule has 6 heteroatoms. The molecular formula is C14H22O6. The largest absolute Gasteiger partial charge is 0.466 e. The summed E-state index contributed by atoms with van der Waals surface area (Å²) in [6.07, 6.45) is 0.558. The van der Waals surface area contributed by atoms with Crippen molar-refractivity contribution < 1.29 is 28.6 Å². The van der Waals surface area contributed by atoms with Gasteiger partial charge in [0, 0.05) is 0 Å². The van der Waals surface area contributed by atoms with Crippen LogP contribution in [0.25, 0.3) is 0 Å². The van der Waals surface area contributed by atoms with Crippen molar-refractivity contribution in [2.45, 2.75) is 33.6 Å². The number of carbonyl (C=O) groups is 3. The topological polar surface area (TPSA) is 78.9 Å². The van der Waals surface area contributed by atoms with Gasteiger partial charge in [-0.3, -0.25) is 14.4 Å². The Kier molecular flexibility index (Phi) is 6.48. The average Bonchev–Trinajstić information content (AvgIpc) is 2.84. The van der Waals surface area contributed by atoms with Crippen LogP contribution in [0.3, 0.4) is 0 Å². The van der Waals surface area contributed by atoms with Crippen LogP contribution in [0.1, 0.15) is 33.6 Å². The molecule has 2 atom stereocenters. The first kappa shape index (κ1) is 16.5. The summed E-state index contributed by atoms with van der Waals surface area (Å²) in [5.41, 5.74) is 0. The highest BCUT2D eigenvalue weighted by Crippen LogP contribution is 2.38. The van der Waals surface area contributed by atoms with Crippen LogP contribution < -0.4 is 0 Å². The molecule has 1 aliphatic carbocycles. The summed E-state index contributed by atoms with van der Waals surface area (Å²) in [6.45, 7) is 5.90. The molecule has 0 radical (unpaired) electrons. The van der Waals surface area contributed by atoms with E-state index in [-0.39, 0.29) is 38.6 Å². The van der Waals surface area contributed by atoms with Gasteiger partial charge in [-0.05, 0) is 33.6 Å². The van der Waals surface area contributed by atoms with Crippen molar-refractivity contribution in [3.05, 3.63) is 0 Å². The fourth-order valence-corrected chi connectivity index (χ4v) is 2.51. The Morgan fingerprint density at radius 2 is 1.10 bits per heavy atom. The van der Waals surface area contributed by atoms with Gasteiger partial charge in [0.1, 0.15) is 0 Å². The first-order chi connectivity index (χ1) is 9.54. The van der Waals surface area contributed by atoms with Gasteiger partial charge in [0.2, 0.25) is 0 Å². The van der Waals surface area contributed by atoms with Gasteiger partial charge in [0.25, 0.3) is 0 Å². The number of rotatable bonds is 6. The Bertz CT molecular complexity index is 339. The first-order valence-electron chi connectivity index (χ1n) is 7.04. The van der Waals surface area contributed by atoms with Crippen LogP contribution in [-0.2, 0) is 28.6 Å². The van der Waals surface area contributed by atoms with Gasteiger partial charge in [-0.25, -0.2) is 0 Å². The molecule has 114 valence electrons. The van der Waals surface area contributed by atoms with E-state index in [9.17, 15) is 14.4 Å². The molecule has 0 aliphatic heterocycles. The van der Waals surface area contributed by atoms with E-state index in [1.165, 1.54) is 0 Å². The summed E-state index contributed by atoms with van der Waals surface area (Å²) in [7, 11) is 0. The lowest BCUT2D eigenvalue weighted by Crippen LogP contribution is -2.28. The number of esters is 3. The molecule has 0 N–H and O–H groups in total. The minimum Gasteiger partial charge on any atom is -0.466 e. The third-order valence-electron chi connectivity index (χ3n) is 3.36. The zero-order valence-electron chi connectivity index (χ0n) is 12.2. The second-order valence-electron chi connectivity index (χ2n) is 4.64. The van der Waals surface area contributed by atoms with Crippen molar-refractivity contribution >= 4 is 17.9 Å². The Labute approximate surface area is 118 Å². The zero-order valence-corrected chi connectivity index (χ0v) is 12.2. The molecule has 2 unspecified atom stereocenters. The van der Waals surface area contributed by atoms with Gasteiger partial charge in [0.05, 0.1) is 37.6 Å². The van der Waals surface area contributed by atoms with E-state index >= 15 is 0 Å². The van der Waals surface area contributed by atoms with E-state index in [1.807, 2.05) is 0 Å². The Morgan fingerprint density at radius 3 is 1.45 bits per heavy atom. The van der Waals surface area contributed by atoms with Crippen LogP contribution >= 0.6 is 0 Å². The van der Waals surface area contributed by atoms with E-state index in [0.717, 1.165) is 0 Å². The number of carbonyl (C=O) groups excluding carboxylic acids is 3. The van der Waals surface area contributed by atoms with E-state index in [0.29, 0.717) is 0 Å². The molecule has 6 nitrogen and oxygen atoms in total. The maximum atomic E-state index is 11.9. The summed E-state index contributed by atoms with van der Waals surface area (Å²) in [4.78, 5) is 35.6. The first-order valence-corrected chi connectivity index (χ1v) is 7.04. The molecule has 1 saturated carbocycles. The maximum absolute atomic E-state index is 11.9. The quantitative estimate of drug-likeness (QED) is 0.541. The van der Waals surface area contributed by atoms with Crippen LogP contribution in [0.15, 0.2) is 0 Å². The van der Waals surface area contributed by atoms with E-state index in [4.69, 9.17) is 14.2 Å². The lowest BCUT2D eigenvalue weighted by molar-refractivity contribution is -0.158. The molecular weight excluding hydrogens is 264 g/mol. The summed E-state index contributed by atoms with van der Waals surface area (Å²) >= 11 is 0. The van der Waals surface area contributed by atoms with Crippen molar-refractivity contribution in [3.63, 3.8) is 0 Å². The third kappa shape index (κ3) is 3.95. The van der Waals surface area contributed by atoms with Crippen molar-refractivity contribution in [2.24, 2.45) is 17.8 Å². The van der Waals surface area contributed by atoms with Gasteiger partial charge in [-0.2, -0.15) is 0 Å². The standard InChI is InChI=1S/C14H22O6/c1-4-18-12(15)9-7-10(13(16)19-5-2)11(8-9)14(17)20-6-3/h9-11H,4-8H2,1-3H3. The third-order valence-corrected chi connectivity index (χ3v) is 3.36. The van der Waals surface area contributed by atoms with Crippen LogP contribution in [0.5, 0.6) is 0 Å². The maximum Gasteiger partial charge on any atom is 0.309 e. The minimum absolute atomic E-state index is 0.245. The number of ether oxygens (including phenoxy) is 3. The van der Waals surface area contributed by atoms with Crippen molar-refractivity contribution in [1.82, 2.24) is 0 Å². The molecule has 0 bridgehead atoms. The highest BCUT2D eigenvalue weighted by atomic mass is 16.5. The fourth-order valence-electron chi connectivity index (χ4n) is 2.51. The van der Waals surface area contributed by atoms with E-state index in [2.05, 4.69) is 0 Å². The molecule has 0 amide bonds. The van der Waals surface area contributed by atoms with Crippen LogP contribution in [-0.4, -0.2) is 37.7 Å². The molecule has 1 fully saturated rings. The second-order valence-corrected chi connectivity index (χ2v) is 4.64. The Morgan fingerprint density at radius 1 is 0.750 bits per heavy atom. The van der Waals surface area contributed by atoms with Crippen LogP contribution in [0.4, 0.5) is 0 Å². The zero-order chi connectivity index (χ0) is 15.1. The number of hydrogen-bond acceptors (Lipinski definition) is 6. The summed E-state index contributed by atoms with van der Waals surface area (Å²) in [5, 5.41) is 0. The summed E-state index contributed by atoms with van der Waals surface area (Å²) in [6, 6.07) is 0. The second kappa shape index (κ2) is 7.87. The van der Waals surface area contributed by atoms with Gasteiger partial charge in [-0.15, -0.1) is 0 Å². The molecule has 0 aromatic heterocycles. The molecule has 20 heavy (non-hydrogen) atoms. The monoisotopic (exact) mass is 286 g/mol. The molecule has 0 spiro atoms. The molecule has 0 heterocycles. The van der Waals surface area contributed by atoms with Gasteiger partial charge in [0.15, 0.2) is 0 Å². The molecule has 0 aromatic carbocycles. The normalized spacial score (nSPS) is 25.1. The molecule has 1 aliphatic rings. The van der Waals surface area contributed by atoms with E-state index < -0.39 is 29.7 Å². The molecule has 0 aromatic rings. The summed E-state index contributed by atoms with van der Waals surface area (Å²) < 4.78 is 14.9. The van der Waals surface area contributed by atoms with Gasteiger partial charge < -0.3 is 14.2 Å². The molecule has 1 rings (SSSR count). The smallest absolute Gasteiger partial charge is 0.309 e. The van der Waals surface area contributed by atoms with Crippen molar-refractivity contribution in [3.8, 4) is 0 Å². The SMILES string of the molecule is CCOC(=O)C1CC(C(=O)OCC)C(C(=O)OCC)C1. The minimum atomic E-state index is -0.622. The Balaban J connectivity index is 2.79. The van der Waals surface area contributed by atoms with E-state index in [1.54, 1.807) is 20.8 Å². The highest BCUT2D eigenvalue weighted by Gasteiger charge is 2.47. The average molecular weight is 286 g/mol. The summed E-state index contributed by atoms with van der Waals surface area (Å²) in [5.74, 6) is -2.95. The van der Waals surface area contributed by atoms with Gasteiger partial charge >= 0.3 is 17.9 Å². The van der Waals surface area contributed by atoms with Crippen molar-refractivity contribution in [1.29, 1.82) is 0 Å².